The highest BCUT2D eigenvalue weighted by molar-refractivity contribution is 8.03. The minimum absolute atomic E-state index is 0.0212. The normalized spacial score (nSPS) is 31.5. The largest absolute Gasteiger partial charge is 0.335 e. The maximum atomic E-state index is 12.9. The summed E-state index contributed by atoms with van der Waals surface area (Å²) in [4.78, 5) is 43.7. The van der Waals surface area contributed by atoms with E-state index in [-0.39, 0.29) is 41.5 Å². The SMILES string of the molecule is CC1=C2C[C@@H]3CC(Sc4ccccc4)=CC(=O)N3C[C@@H]2[C@@H]2C(=O)N(C)C(=O)[C@@H]2C1. The van der Waals surface area contributed by atoms with Crippen LogP contribution in [0, 0.1) is 17.8 Å². The number of thioether (sulfide) groups is 1. The summed E-state index contributed by atoms with van der Waals surface area (Å²) in [5.41, 5.74) is 2.55. The minimum Gasteiger partial charge on any atom is -0.335 e. The highest BCUT2D eigenvalue weighted by Crippen LogP contribution is 2.49. The standard InChI is InChI=1S/C23H24N2O3S/c1-13-8-18-21(23(28)24(2)22(18)27)19-12-25-14(10-17(13)19)9-16(11-20(25)26)29-15-6-4-3-5-7-15/h3-7,11,14,18-19,21H,8-10,12H2,1-2H3/t14-,18+,19-,21+/m0/s1. The molecule has 0 saturated carbocycles. The molecule has 1 aromatic carbocycles. The van der Waals surface area contributed by atoms with Crippen molar-refractivity contribution in [1.29, 1.82) is 0 Å². The quantitative estimate of drug-likeness (QED) is 0.557. The van der Waals surface area contributed by atoms with E-state index in [1.54, 1.807) is 24.9 Å². The lowest BCUT2D eigenvalue weighted by Crippen LogP contribution is -2.53. The third-order valence-corrected chi connectivity index (χ3v) is 7.99. The first-order valence-corrected chi connectivity index (χ1v) is 11.0. The first-order chi connectivity index (χ1) is 13.9. The Kier molecular flexibility index (Phi) is 4.42. The van der Waals surface area contributed by atoms with Gasteiger partial charge in [-0.25, -0.2) is 0 Å². The highest BCUT2D eigenvalue weighted by atomic mass is 32.2. The zero-order valence-corrected chi connectivity index (χ0v) is 17.4. The molecule has 3 amide bonds. The molecule has 5 nitrogen and oxygen atoms in total. The van der Waals surface area contributed by atoms with Crippen molar-refractivity contribution in [2.24, 2.45) is 17.8 Å². The number of hydrogen-bond donors (Lipinski definition) is 0. The number of likely N-dealkylation sites (tertiary alicyclic amines) is 1. The molecule has 0 bridgehead atoms. The highest BCUT2D eigenvalue weighted by Gasteiger charge is 2.55. The van der Waals surface area contributed by atoms with Crippen molar-refractivity contribution >= 4 is 29.5 Å². The van der Waals surface area contributed by atoms with Gasteiger partial charge in [0.15, 0.2) is 0 Å². The third-order valence-electron chi connectivity index (χ3n) is 6.94. The van der Waals surface area contributed by atoms with Gasteiger partial charge in [-0.2, -0.15) is 0 Å². The lowest BCUT2D eigenvalue weighted by atomic mass is 9.66. The van der Waals surface area contributed by atoms with Crippen molar-refractivity contribution in [2.45, 2.75) is 37.1 Å². The maximum Gasteiger partial charge on any atom is 0.247 e. The van der Waals surface area contributed by atoms with Crippen LogP contribution in [0.25, 0.3) is 0 Å². The fourth-order valence-electron chi connectivity index (χ4n) is 5.52. The lowest BCUT2D eigenvalue weighted by molar-refractivity contribution is -0.139. The molecule has 0 N–H and O–H groups in total. The van der Waals surface area contributed by atoms with Gasteiger partial charge in [-0.3, -0.25) is 19.3 Å². The van der Waals surface area contributed by atoms with Gasteiger partial charge in [0.1, 0.15) is 0 Å². The third kappa shape index (κ3) is 2.96. The summed E-state index contributed by atoms with van der Waals surface area (Å²) in [7, 11) is 1.59. The molecule has 29 heavy (non-hydrogen) atoms. The van der Waals surface area contributed by atoms with Crippen molar-refractivity contribution in [3.63, 3.8) is 0 Å². The van der Waals surface area contributed by atoms with E-state index >= 15 is 0 Å². The van der Waals surface area contributed by atoms with Crippen molar-refractivity contribution in [3.05, 3.63) is 52.5 Å². The van der Waals surface area contributed by atoms with Crippen LogP contribution < -0.4 is 0 Å². The Morgan fingerprint density at radius 3 is 2.48 bits per heavy atom. The van der Waals surface area contributed by atoms with E-state index in [0.29, 0.717) is 13.0 Å². The summed E-state index contributed by atoms with van der Waals surface area (Å²) < 4.78 is 0. The van der Waals surface area contributed by atoms with E-state index in [0.717, 1.165) is 22.6 Å². The Bertz CT molecular complexity index is 968. The Labute approximate surface area is 174 Å². The van der Waals surface area contributed by atoms with Crippen LogP contribution in [0.2, 0.25) is 0 Å². The van der Waals surface area contributed by atoms with Gasteiger partial charge in [0.25, 0.3) is 0 Å². The number of rotatable bonds is 2. The topological polar surface area (TPSA) is 57.7 Å². The average Bonchev–Trinajstić information content (AvgIpc) is 2.92. The number of fused-ring (bicyclic) bond motifs is 4. The summed E-state index contributed by atoms with van der Waals surface area (Å²) >= 11 is 1.66. The molecule has 1 aliphatic carbocycles. The number of piperidine rings is 1. The number of hydrogen-bond acceptors (Lipinski definition) is 4. The smallest absolute Gasteiger partial charge is 0.247 e. The van der Waals surface area contributed by atoms with Crippen LogP contribution in [0.15, 0.2) is 57.4 Å². The monoisotopic (exact) mass is 408 g/mol. The van der Waals surface area contributed by atoms with E-state index in [2.05, 4.69) is 19.1 Å². The van der Waals surface area contributed by atoms with Crippen LogP contribution in [0.3, 0.4) is 0 Å². The van der Waals surface area contributed by atoms with E-state index < -0.39 is 0 Å². The Hall–Kier alpha value is -2.34. The molecule has 5 rings (SSSR count). The Balaban J connectivity index is 1.42. The molecule has 0 unspecified atom stereocenters. The second-order valence-electron chi connectivity index (χ2n) is 8.56. The molecule has 2 fully saturated rings. The summed E-state index contributed by atoms with van der Waals surface area (Å²) in [6.45, 7) is 2.65. The summed E-state index contributed by atoms with van der Waals surface area (Å²) in [6.07, 6.45) is 4.08. The first kappa shape index (κ1) is 18.7. The number of carbonyl (C=O) groups is 3. The predicted octanol–water partition coefficient (Wildman–Crippen LogP) is 3.23. The van der Waals surface area contributed by atoms with Gasteiger partial charge < -0.3 is 4.90 Å². The number of carbonyl (C=O) groups excluding carboxylic acids is 3. The van der Waals surface area contributed by atoms with Crippen LogP contribution in [0.5, 0.6) is 0 Å². The number of allylic oxidation sites excluding steroid dienone is 1. The van der Waals surface area contributed by atoms with Crippen LogP contribution in [0.1, 0.15) is 26.2 Å². The molecule has 4 aliphatic rings. The van der Waals surface area contributed by atoms with Crippen molar-refractivity contribution in [3.8, 4) is 0 Å². The molecule has 4 atom stereocenters. The van der Waals surface area contributed by atoms with E-state index in [9.17, 15) is 14.4 Å². The zero-order chi connectivity index (χ0) is 20.3. The maximum absolute atomic E-state index is 12.9. The molecule has 0 aromatic heterocycles. The van der Waals surface area contributed by atoms with Crippen LogP contribution in [0.4, 0.5) is 0 Å². The molecule has 0 spiro atoms. The summed E-state index contributed by atoms with van der Waals surface area (Å²) in [5, 5.41) is 0. The zero-order valence-electron chi connectivity index (χ0n) is 16.6. The van der Waals surface area contributed by atoms with Gasteiger partial charge >= 0.3 is 0 Å². The fourth-order valence-corrected chi connectivity index (χ4v) is 6.55. The van der Waals surface area contributed by atoms with Gasteiger partial charge in [-0.1, -0.05) is 41.1 Å². The lowest BCUT2D eigenvalue weighted by Gasteiger charge is -2.47. The van der Waals surface area contributed by atoms with E-state index in [1.165, 1.54) is 16.0 Å². The molecule has 3 aliphatic heterocycles. The van der Waals surface area contributed by atoms with Crippen molar-refractivity contribution in [1.82, 2.24) is 9.80 Å². The predicted molar refractivity (Wildman–Crippen MR) is 111 cm³/mol. The van der Waals surface area contributed by atoms with Gasteiger partial charge in [-0.05, 0) is 43.2 Å². The van der Waals surface area contributed by atoms with Crippen LogP contribution in [-0.2, 0) is 14.4 Å². The minimum atomic E-state index is -0.302. The Morgan fingerprint density at radius 1 is 0.966 bits per heavy atom. The average molecular weight is 409 g/mol. The Morgan fingerprint density at radius 2 is 1.72 bits per heavy atom. The summed E-state index contributed by atoms with van der Waals surface area (Å²) in [6, 6.07) is 10.3. The molecular formula is C23H24N2O3S. The summed E-state index contributed by atoms with van der Waals surface area (Å²) in [5.74, 6) is -0.683. The number of benzene rings is 1. The number of amides is 3. The van der Waals surface area contributed by atoms with Gasteiger partial charge in [0.2, 0.25) is 17.7 Å². The van der Waals surface area contributed by atoms with Gasteiger partial charge in [0.05, 0.1) is 11.8 Å². The molecule has 1 aromatic rings. The molecule has 6 heteroatoms. The first-order valence-electron chi connectivity index (χ1n) is 10.2. The molecular weight excluding hydrogens is 384 g/mol. The number of imide groups is 1. The van der Waals surface area contributed by atoms with Gasteiger partial charge in [-0.15, -0.1) is 0 Å². The second-order valence-corrected chi connectivity index (χ2v) is 9.76. The molecule has 3 heterocycles. The van der Waals surface area contributed by atoms with Gasteiger partial charge in [0, 0.05) is 36.5 Å². The molecule has 0 radical (unpaired) electrons. The van der Waals surface area contributed by atoms with Crippen molar-refractivity contribution in [2.75, 3.05) is 13.6 Å². The van der Waals surface area contributed by atoms with Crippen molar-refractivity contribution < 1.29 is 14.4 Å². The molecule has 150 valence electrons. The van der Waals surface area contributed by atoms with Crippen LogP contribution >= 0.6 is 11.8 Å². The molecule has 2 saturated heterocycles. The van der Waals surface area contributed by atoms with E-state index in [4.69, 9.17) is 0 Å². The fraction of sp³-hybridized carbons (Fsp3) is 0.435. The van der Waals surface area contributed by atoms with E-state index in [1.807, 2.05) is 23.1 Å². The number of nitrogens with zero attached hydrogens (tertiary/aromatic N) is 2. The second kappa shape index (κ2) is 6.87. The van der Waals surface area contributed by atoms with Crippen LogP contribution in [-0.4, -0.2) is 47.2 Å².